The van der Waals surface area contributed by atoms with E-state index in [4.69, 9.17) is 0 Å². The average molecular weight is 345 g/mol. The third-order valence-electron chi connectivity index (χ3n) is 3.86. The van der Waals surface area contributed by atoms with Crippen LogP contribution in [0, 0.1) is 0 Å². The topological polar surface area (TPSA) is 105 Å². The van der Waals surface area contributed by atoms with Crippen LogP contribution < -0.4 is 21.3 Å². The molecule has 1 saturated heterocycles. The smallest absolute Gasteiger partial charge is 0.314 e. The highest BCUT2D eigenvalue weighted by molar-refractivity contribution is 7.89. The van der Waals surface area contributed by atoms with Crippen LogP contribution in [0.5, 0.6) is 0 Å². The van der Waals surface area contributed by atoms with Crippen molar-refractivity contribution >= 4 is 10.0 Å². The van der Waals surface area contributed by atoms with Crippen molar-refractivity contribution in [2.75, 3.05) is 39.3 Å². The van der Waals surface area contributed by atoms with Crippen LogP contribution in [0.15, 0.2) is 20.7 Å². The number of nitrogens with one attached hydrogen (secondary N) is 2. The molecule has 0 atom stereocenters. The number of sulfonamides is 1. The molecule has 23 heavy (non-hydrogen) atoms. The van der Waals surface area contributed by atoms with Gasteiger partial charge in [0.1, 0.15) is 0 Å². The minimum atomic E-state index is -3.93. The number of piperazine rings is 1. The molecular formula is C13H23N5O4S. The van der Waals surface area contributed by atoms with Crippen molar-refractivity contribution in [1.82, 2.24) is 24.1 Å². The minimum Gasteiger partial charge on any atom is -0.314 e. The summed E-state index contributed by atoms with van der Waals surface area (Å²) in [7, 11) is -1.26. The molecule has 1 aromatic rings. The van der Waals surface area contributed by atoms with Crippen LogP contribution in [0.1, 0.15) is 6.42 Å². The Balaban J connectivity index is 1.99. The van der Waals surface area contributed by atoms with Gasteiger partial charge < -0.3 is 14.8 Å². The maximum atomic E-state index is 12.3. The molecule has 0 bridgehead atoms. The summed E-state index contributed by atoms with van der Waals surface area (Å²) in [5.74, 6) is 0. The molecule has 1 aliphatic heterocycles. The zero-order valence-electron chi connectivity index (χ0n) is 13.4. The Morgan fingerprint density at radius 3 is 2.52 bits per heavy atom. The largest absolute Gasteiger partial charge is 0.330 e. The summed E-state index contributed by atoms with van der Waals surface area (Å²) in [6.45, 7) is 4.84. The summed E-state index contributed by atoms with van der Waals surface area (Å²) in [5.41, 5.74) is -1.38. The van der Waals surface area contributed by atoms with Gasteiger partial charge in [0.2, 0.25) is 10.0 Å². The molecule has 130 valence electrons. The van der Waals surface area contributed by atoms with Crippen molar-refractivity contribution in [3.05, 3.63) is 27.0 Å². The first kappa shape index (κ1) is 17.9. The van der Waals surface area contributed by atoms with Gasteiger partial charge in [-0.05, 0) is 13.0 Å². The molecule has 10 heteroatoms. The molecule has 1 fully saturated rings. The number of hydrogen-bond donors (Lipinski definition) is 2. The fourth-order valence-corrected chi connectivity index (χ4v) is 3.71. The number of aromatic nitrogens is 2. The molecule has 1 aromatic heterocycles. The average Bonchev–Trinajstić information content (AvgIpc) is 2.54. The van der Waals surface area contributed by atoms with E-state index in [9.17, 15) is 18.0 Å². The summed E-state index contributed by atoms with van der Waals surface area (Å²) >= 11 is 0. The van der Waals surface area contributed by atoms with E-state index in [1.807, 2.05) is 0 Å². The highest BCUT2D eigenvalue weighted by Crippen LogP contribution is 2.00. The Hall–Kier alpha value is -1.49. The lowest BCUT2D eigenvalue weighted by atomic mass is 10.3. The normalized spacial score (nSPS) is 16.6. The number of nitrogens with zero attached hydrogens (tertiary/aromatic N) is 3. The third-order valence-corrected chi connectivity index (χ3v) is 5.30. The molecule has 0 amide bonds. The molecule has 0 aliphatic carbocycles. The standard InChI is InChI=1S/C13H23N5O4S/c1-16-10-11(12(19)17(2)13(16)20)23(21,22)15-4-3-7-18-8-5-14-6-9-18/h10,14-15H,3-9H2,1-2H3. The van der Waals surface area contributed by atoms with Crippen LogP contribution in [0.4, 0.5) is 0 Å². The maximum absolute atomic E-state index is 12.3. The highest BCUT2D eigenvalue weighted by atomic mass is 32.2. The van der Waals surface area contributed by atoms with Crippen LogP contribution >= 0.6 is 0 Å². The van der Waals surface area contributed by atoms with E-state index in [-0.39, 0.29) is 6.54 Å². The van der Waals surface area contributed by atoms with Gasteiger partial charge in [0.15, 0.2) is 4.90 Å². The SMILES string of the molecule is Cn1cc(S(=O)(=O)NCCCN2CCNCC2)c(=O)n(C)c1=O. The van der Waals surface area contributed by atoms with Crippen molar-refractivity contribution in [3.8, 4) is 0 Å². The van der Waals surface area contributed by atoms with Gasteiger partial charge in [-0.1, -0.05) is 0 Å². The zero-order valence-corrected chi connectivity index (χ0v) is 14.2. The van der Waals surface area contributed by atoms with E-state index in [2.05, 4.69) is 14.9 Å². The Kier molecular flexibility index (Phi) is 5.74. The molecular weight excluding hydrogens is 322 g/mol. The lowest BCUT2D eigenvalue weighted by Crippen LogP contribution is -2.44. The second-order valence-corrected chi connectivity index (χ2v) is 7.33. The number of aryl methyl sites for hydroxylation is 1. The lowest BCUT2D eigenvalue weighted by molar-refractivity contribution is 0.239. The van der Waals surface area contributed by atoms with Crippen molar-refractivity contribution < 1.29 is 8.42 Å². The quantitative estimate of drug-likeness (QED) is 0.560. The van der Waals surface area contributed by atoms with Gasteiger partial charge in [0, 0.05) is 53.0 Å². The van der Waals surface area contributed by atoms with Gasteiger partial charge in [-0.2, -0.15) is 0 Å². The molecule has 0 aromatic carbocycles. The van der Waals surface area contributed by atoms with E-state index in [1.165, 1.54) is 14.1 Å². The molecule has 0 unspecified atom stereocenters. The van der Waals surface area contributed by atoms with E-state index in [0.717, 1.165) is 48.1 Å². The third kappa shape index (κ3) is 4.28. The molecule has 2 rings (SSSR count). The van der Waals surface area contributed by atoms with Gasteiger partial charge >= 0.3 is 5.69 Å². The van der Waals surface area contributed by atoms with Gasteiger partial charge in [-0.25, -0.2) is 17.9 Å². The second-order valence-electron chi connectivity index (χ2n) is 5.59. The first-order chi connectivity index (χ1) is 10.8. The van der Waals surface area contributed by atoms with E-state index >= 15 is 0 Å². The van der Waals surface area contributed by atoms with Crippen molar-refractivity contribution in [3.63, 3.8) is 0 Å². The number of hydrogen-bond acceptors (Lipinski definition) is 6. The van der Waals surface area contributed by atoms with Crippen LogP contribution in [0.2, 0.25) is 0 Å². The monoisotopic (exact) mass is 345 g/mol. The summed E-state index contributed by atoms with van der Waals surface area (Å²) in [5, 5.41) is 3.25. The Morgan fingerprint density at radius 2 is 1.87 bits per heavy atom. The molecule has 2 N–H and O–H groups in total. The summed E-state index contributed by atoms with van der Waals surface area (Å²) in [6, 6.07) is 0. The second kappa shape index (κ2) is 7.39. The summed E-state index contributed by atoms with van der Waals surface area (Å²) in [4.78, 5) is 25.4. The Labute approximate surface area is 135 Å². The van der Waals surface area contributed by atoms with E-state index < -0.39 is 26.2 Å². The van der Waals surface area contributed by atoms with Crippen molar-refractivity contribution in [2.24, 2.45) is 14.1 Å². The predicted molar refractivity (Wildman–Crippen MR) is 86.0 cm³/mol. The maximum Gasteiger partial charge on any atom is 0.330 e. The molecule has 0 spiro atoms. The fraction of sp³-hybridized carbons (Fsp3) is 0.692. The van der Waals surface area contributed by atoms with Crippen LogP contribution in [-0.4, -0.2) is 61.7 Å². The molecule has 1 aliphatic rings. The number of rotatable bonds is 6. The first-order valence-electron chi connectivity index (χ1n) is 7.52. The molecule has 0 radical (unpaired) electrons. The van der Waals surface area contributed by atoms with Crippen molar-refractivity contribution in [2.45, 2.75) is 11.3 Å². The van der Waals surface area contributed by atoms with Gasteiger partial charge in [0.05, 0.1) is 0 Å². The van der Waals surface area contributed by atoms with Gasteiger partial charge in [0.25, 0.3) is 5.56 Å². The zero-order chi connectivity index (χ0) is 17.0. The Bertz CT molecular complexity index is 762. The predicted octanol–water partition coefficient (Wildman–Crippen LogP) is -2.34. The van der Waals surface area contributed by atoms with Crippen LogP contribution in [0.25, 0.3) is 0 Å². The first-order valence-corrected chi connectivity index (χ1v) is 9.00. The molecule has 0 saturated carbocycles. The Morgan fingerprint density at radius 1 is 1.22 bits per heavy atom. The molecule has 2 heterocycles. The van der Waals surface area contributed by atoms with Crippen LogP contribution in [-0.2, 0) is 24.1 Å². The highest BCUT2D eigenvalue weighted by Gasteiger charge is 2.21. The van der Waals surface area contributed by atoms with E-state index in [1.54, 1.807) is 0 Å². The van der Waals surface area contributed by atoms with Crippen LogP contribution in [0.3, 0.4) is 0 Å². The van der Waals surface area contributed by atoms with Gasteiger partial charge in [-0.15, -0.1) is 0 Å². The summed E-state index contributed by atoms with van der Waals surface area (Å²) < 4.78 is 28.8. The van der Waals surface area contributed by atoms with Crippen molar-refractivity contribution in [1.29, 1.82) is 0 Å². The van der Waals surface area contributed by atoms with E-state index in [0.29, 0.717) is 6.42 Å². The molecule has 9 nitrogen and oxygen atoms in total. The lowest BCUT2D eigenvalue weighted by Gasteiger charge is -2.27. The van der Waals surface area contributed by atoms with Gasteiger partial charge in [-0.3, -0.25) is 9.36 Å². The summed E-state index contributed by atoms with van der Waals surface area (Å²) in [6.07, 6.45) is 1.72. The fourth-order valence-electron chi connectivity index (χ4n) is 2.48. The minimum absolute atomic E-state index is 0.248.